The van der Waals surface area contributed by atoms with E-state index in [4.69, 9.17) is 5.73 Å². The highest BCUT2D eigenvalue weighted by Crippen LogP contribution is 2.26. The third-order valence-electron chi connectivity index (χ3n) is 1.73. The van der Waals surface area contributed by atoms with Crippen molar-refractivity contribution in [3.05, 3.63) is 20.8 Å². The topological polar surface area (TPSA) is 26.0 Å². The molecule has 0 aromatic carbocycles. The van der Waals surface area contributed by atoms with Gasteiger partial charge in [0, 0.05) is 11.0 Å². The molecule has 74 valence electrons. The Morgan fingerprint density at radius 1 is 1.69 bits per heavy atom. The van der Waals surface area contributed by atoms with Crippen LogP contribution in [0.2, 0.25) is 0 Å². The third kappa shape index (κ3) is 4.49. The second-order valence-electron chi connectivity index (χ2n) is 2.96. The van der Waals surface area contributed by atoms with Gasteiger partial charge in [0.1, 0.15) is 0 Å². The van der Waals surface area contributed by atoms with E-state index in [2.05, 4.69) is 34.3 Å². The van der Waals surface area contributed by atoms with Crippen LogP contribution in [0.25, 0.3) is 0 Å². The zero-order chi connectivity index (χ0) is 9.68. The van der Waals surface area contributed by atoms with Gasteiger partial charge in [-0.15, -0.1) is 11.3 Å². The van der Waals surface area contributed by atoms with E-state index in [0.717, 1.165) is 18.7 Å². The molecule has 2 N–H and O–H groups in total. The SMILES string of the molecule is CC(CCN)SCc1csc(Br)c1. The highest BCUT2D eigenvalue weighted by Gasteiger charge is 2.03. The van der Waals surface area contributed by atoms with Crippen molar-refractivity contribution in [2.24, 2.45) is 5.73 Å². The minimum Gasteiger partial charge on any atom is -0.330 e. The third-order valence-corrected chi connectivity index (χ3v) is 4.59. The molecular weight excluding hydrogens is 266 g/mol. The normalized spacial score (nSPS) is 13.2. The summed E-state index contributed by atoms with van der Waals surface area (Å²) in [5.74, 6) is 1.10. The fourth-order valence-corrected chi connectivity index (χ4v) is 3.24. The number of rotatable bonds is 5. The summed E-state index contributed by atoms with van der Waals surface area (Å²) < 4.78 is 1.22. The summed E-state index contributed by atoms with van der Waals surface area (Å²) in [5.41, 5.74) is 6.89. The van der Waals surface area contributed by atoms with Crippen LogP contribution in [0.5, 0.6) is 0 Å². The standard InChI is InChI=1S/C9H14BrNS2/c1-7(2-3-11)12-5-8-4-9(10)13-6-8/h4,6-7H,2-3,5,11H2,1H3. The van der Waals surface area contributed by atoms with Gasteiger partial charge in [-0.25, -0.2) is 0 Å². The summed E-state index contributed by atoms with van der Waals surface area (Å²) in [7, 11) is 0. The first-order valence-electron chi connectivity index (χ1n) is 4.27. The minimum absolute atomic E-state index is 0.670. The molecule has 0 aliphatic heterocycles. The summed E-state index contributed by atoms with van der Waals surface area (Å²) in [5, 5.41) is 2.87. The lowest BCUT2D eigenvalue weighted by Crippen LogP contribution is -2.06. The summed E-state index contributed by atoms with van der Waals surface area (Å²) in [4.78, 5) is 0. The summed E-state index contributed by atoms with van der Waals surface area (Å²) in [6.45, 7) is 3.03. The second-order valence-corrected chi connectivity index (χ2v) is 6.68. The van der Waals surface area contributed by atoms with E-state index >= 15 is 0 Å². The molecule has 1 unspecified atom stereocenters. The Morgan fingerprint density at radius 3 is 3.00 bits per heavy atom. The number of thioether (sulfide) groups is 1. The average Bonchev–Trinajstić information content (AvgIpc) is 2.49. The first-order valence-corrected chi connectivity index (χ1v) is 6.99. The fourth-order valence-electron chi connectivity index (χ4n) is 0.978. The maximum atomic E-state index is 5.48. The van der Waals surface area contributed by atoms with Crippen molar-refractivity contribution in [2.45, 2.75) is 24.3 Å². The monoisotopic (exact) mass is 279 g/mol. The van der Waals surface area contributed by atoms with Crippen LogP contribution in [0.4, 0.5) is 0 Å². The van der Waals surface area contributed by atoms with Gasteiger partial charge in [-0.1, -0.05) is 6.92 Å². The van der Waals surface area contributed by atoms with Crippen molar-refractivity contribution in [1.29, 1.82) is 0 Å². The van der Waals surface area contributed by atoms with E-state index in [9.17, 15) is 0 Å². The zero-order valence-electron chi connectivity index (χ0n) is 7.63. The number of hydrogen-bond acceptors (Lipinski definition) is 3. The van der Waals surface area contributed by atoms with Crippen LogP contribution >= 0.6 is 39.0 Å². The van der Waals surface area contributed by atoms with Crippen molar-refractivity contribution in [2.75, 3.05) is 6.54 Å². The minimum atomic E-state index is 0.670. The predicted molar refractivity (Wildman–Crippen MR) is 66.4 cm³/mol. The predicted octanol–water partition coefficient (Wildman–Crippen LogP) is 3.48. The molecule has 1 heterocycles. The summed E-state index contributed by atoms with van der Waals surface area (Å²) in [6.07, 6.45) is 1.11. The van der Waals surface area contributed by atoms with E-state index in [-0.39, 0.29) is 0 Å². The molecule has 0 aliphatic carbocycles. The Balaban J connectivity index is 2.26. The largest absolute Gasteiger partial charge is 0.330 e. The molecule has 0 fully saturated rings. The Hall–Kier alpha value is 0.490. The number of nitrogens with two attached hydrogens (primary N) is 1. The van der Waals surface area contributed by atoms with Crippen molar-refractivity contribution in [3.8, 4) is 0 Å². The van der Waals surface area contributed by atoms with Crippen molar-refractivity contribution in [3.63, 3.8) is 0 Å². The van der Waals surface area contributed by atoms with Gasteiger partial charge in [-0.2, -0.15) is 11.8 Å². The molecule has 1 aromatic rings. The van der Waals surface area contributed by atoms with Crippen LogP contribution in [0.15, 0.2) is 15.2 Å². The average molecular weight is 280 g/mol. The lowest BCUT2D eigenvalue weighted by molar-refractivity contribution is 0.823. The summed E-state index contributed by atoms with van der Waals surface area (Å²) >= 11 is 7.18. The number of halogens is 1. The number of thiophene rings is 1. The zero-order valence-corrected chi connectivity index (χ0v) is 10.8. The van der Waals surface area contributed by atoms with Crippen LogP contribution in [0.3, 0.4) is 0 Å². The molecule has 1 atom stereocenters. The van der Waals surface area contributed by atoms with Crippen LogP contribution in [0, 0.1) is 0 Å². The van der Waals surface area contributed by atoms with Gasteiger partial charge in [0.25, 0.3) is 0 Å². The molecule has 0 aliphatic rings. The highest BCUT2D eigenvalue weighted by atomic mass is 79.9. The van der Waals surface area contributed by atoms with Gasteiger partial charge in [0.15, 0.2) is 0 Å². The number of hydrogen-bond donors (Lipinski definition) is 1. The van der Waals surface area contributed by atoms with Gasteiger partial charge in [0.05, 0.1) is 3.79 Å². The second kappa shape index (κ2) is 6.06. The molecule has 13 heavy (non-hydrogen) atoms. The molecule has 4 heteroatoms. The van der Waals surface area contributed by atoms with Crippen molar-refractivity contribution in [1.82, 2.24) is 0 Å². The fraction of sp³-hybridized carbons (Fsp3) is 0.556. The Labute approximate surface area is 96.2 Å². The Morgan fingerprint density at radius 2 is 2.46 bits per heavy atom. The molecule has 0 bridgehead atoms. The first-order chi connectivity index (χ1) is 6.22. The van der Waals surface area contributed by atoms with Gasteiger partial charge >= 0.3 is 0 Å². The smallest absolute Gasteiger partial charge is 0.0701 e. The quantitative estimate of drug-likeness (QED) is 0.893. The van der Waals surface area contributed by atoms with Crippen LogP contribution in [0.1, 0.15) is 18.9 Å². The van der Waals surface area contributed by atoms with Gasteiger partial charge in [-0.3, -0.25) is 0 Å². The van der Waals surface area contributed by atoms with E-state index in [1.165, 1.54) is 9.35 Å². The van der Waals surface area contributed by atoms with Gasteiger partial charge in [0.2, 0.25) is 0 Å². The molecule has 0 saturated heterocycles. The lowest BCUT2D eigenvalue weighted by atomic mass is 10.3. The van der Waals surface area contributed by atoms with E-state index < -0.39 is 0 Å². The maximum Gasteiger partial charge on any atom is 0.0701 e. The molecule has 0 amide bonds. The Kier molecular flexibility index (Phi) is 5.39. The van der Waals surface area contributed by atoms with E-state index in [1.54, 1.807) is 11.3 Å². The molecule has 0 radical (unpaired) electrons. The van der Waals surface area contributed by atoms with Crippen molar-refractivity contribution < 1.29 is 0 Å². The van der Waals surface area contributed by atoms with Crippen LogP contribution in [-0.4, -0.2) is 11.8 Å². The Bertz CT molecular complexity index is 250. The first kappa shape index (κ1) is 11.6. The molecule has 1 nitrogen and oxygen atoms in total. The highest BCUT2D eigenvalue weighted by molar-refractivity contribution is 9.11. The molecule has 1 rings (SSSR count). The van der Waals surface area contributed by atoms with E-state index in [0.29, 0.717) is 5.25 Å². The van der Waals surface area contributed by atoms with Crippen molar-refractivity contribution >= 4 is 39.0 Å². The van der Waals surface area contributed by atoms with Crippen LogP contribution in [-0.2, 0) is 5.75 Å². The van der Waals surface area contributed by atoms with Gasteiger partial charge < -0.3 is 5.73 Å². The lowest BCUT2D eigenvalue weighted by Gasteiger charge is -2.07. The van der Waals surface area contributed by atoms with Gasteiger partial charge in [-0.05, 0) is 45.9 Å². The van der Waals surface area contributed by atoms with E-state index in [1.807, 2.05) is 11.8 Å². The summed E-state index contributed by atoms with van der Waals surface area (Å²) in [6, 6.07) is 2.19. The molecule has 1 aromatic heterocycles. The molecular formula is C9H14BrNS2. The maximum absolute atomic E-state index is 5.48. The molecule has 0 saturated carbocycles. The van der Waals surface area contributed by atoms with Crippen LogP contribution < -0.4 is 5.73 Å². The molecule has 0 spiro atoms.